The van der Waals surface area contributed by atoms with Gasteiger partial charge in [0.25, 0.3) is 0 Å². The summed E-state index contributed by atoms with van der Waals surface area (Å²) in [6.07, 6.45) is 3.79. The molecule has 1 aliphatic carbocycles. The third kappa shape index (κ3) is 4.42. The molecule has 2 amide bonds. The third-order valence-electron chi connectivity index (χ3n) is 4.11. The molecule has 118 valence electrons. The van der Waals surface area contributed by atoms with Gasteiger partial charge in [-0.3, -0.25) is 9.59 Å². The monoisotopic (exact) mass is 297 g/mol. The second-order valence-electron chi connectivity index (χ2n) is 5.88. The quantitative estimate of drug-likeness (QED) is 0.538. The molecule has 21 heavy (non-hydrogen) atoms. The van der Waals surface area contributed by atoms with Crippen LogP contribution >= 0.6 is 0 Å². The average molecular weight is 297 g/mol. The van der Waals surface area contributed by atoms with E-state index in [9.17, 15) is 14.4 Å². The van der Waals surface area contributed by atoms with Crippen LogP contribution in [0.15, 0.2) is 0 Å². The molecule has 3 atom stereocenters. The van der Waals surface area contributed by atoms with E-state index < -0.39 is 18.1 Å². The van der Waals surface area contributed by atoms with Gasteiger partial charge in [0.15, 0.2) is 0 Å². The molecule has 2 aliphatic rings. The standard InChI is InChI=1S/C14H23N3O4/c1-21-14(20)11(7-9-4-5-16-12(9)18)17-13(19)10(15)6-8-2-3-8/h8-11H,2-7,15H2,1H3,(H,16,18)(H,17,19)/t9-,10?,11?/m0/s1. The summed E-state index contributed by atoms with van der Waals surface area (Å²) in [5.74, 6) is -0.713. The first-order valence-corrected chi connectivity index (χ1v) is 7.42. The summed E-state index contributed by atoms with van der Waals surface area (Å²) in [6, 6.07) is -1.43. The maximum atomic E-state index is 12.0. The zero-order chi connectivity index (χ0) is 15.4. The van der Waals surface area contributed by atoms with E-state index >= 15 is 0 Å². The molecule has 0 spiro atoms. The Morgan fingerprint density at radius 1 is 1.38 bits per heavy atom. The number of rotatable bonds is 7. The maximum Gasteiger partial charge on any atom is 0.328 e. The van der Waals surface area contributed by atoms with E-state index in [1.54, 1.807) is 0 Å². The predicted molar refractivity (Wildman–Crippen MR) is 75.0 cm³/mol. The highest BCUT2D eigenvalue weighted by Gasteiger charge is 2.33. The van der Waals surface area contributed by atoms with Crippen molar-refractivity contribution in [2.24, 2.45) is 17.6 Å². The Labute approximate surface area is 124 Å². The van der Waals surface area contributed by atoms with Crippen LogP contribution in [0, 0.1) is 11.8 Å². The van der Waals surface area contributed by atoms with E-state index in [0.29, 0.717) is 25.3 Å². The number of nitrogens with one attached hydrogen (secondary N) is 2. The molecule has 1 heterocycles. The Morgan fingerprint density at radius 2 is 2.10 bits per heavy atom. The van der Waals surface area contributed by atoms with Crippen LogP contribution in [-0.2, 0) is 19.1 Å². The zero-order valence-corrected chi connectivity index (χ0v) is 12.3. The van der Waals surface area contributed by atoms with Gasteiger partial charge in [-0.15, -0.1) is 0 Å². The number of carbonyl (C=O) groups is 3. The summed E-state index contributed by atoms with van der Waals surface area (Å²) in [5.41, 5.74) is 5.84. The first kappa shape index (κ1) is 15.8. The van der Waals surface area contributed by atoms with E-state index in [-0.39, 0.29) is 24.2 Å². The Kier molecular flexibility index (Phi) is 5.17. The highest BCUT2D eigenvalue weighted by atomic mass is 16.5. The number of hydrogen-bond donors (Lipinski definition) is 3. The largest absolute Gasteiger partial charge is 0.467 e. The molecule has 2 fully saturated rings. The molecule has 1 aliphatic heterocycles. The molecule has 1 saturated carbocycles. The first-order chi connectivity index (χ1) is 10.0. The van der Waals surface area contributed by atoms with Gasteiger partial charge in [0.2, 0.25) is 11.8 Å². The van der Waals surface area contributed by atoms with E-state index in [0.717, 1.165) is 12.8 Å². The van der Waals surface area contributed by atoms with Gasteiger partial charge in [-0.1, -0.05) is 12.8 Å². The minimum Gasteiger partial charge on any atom is -0.467 e. The van der Waals surface area contributed by atoms with Crippen molar-refractivity contribution in [2.45, 2.75) is 44.2 Å². The van der Waals surface area contributed by atoms with Gasteiger partial charge in [0, 0.05) is 12.5 Å². The fourth-order valence-corrected chi connectivity index (χ4v) is 2.61. The van der Waals surface area contributed by atoms with Gasteiger partial charge < -0.3 is 21.1 Å². The predicted octanol–water partition coefficient (Wildman–Crippen LogP) is -0.702. The molecule has 2 unspecified atom stereocenters. The Balaban J connectivity index is 1.90. The average Bonchev–Trinajstić information content (AvgIpc) is 3.19. The van der Waals surface area contributed by atoms with Gasteiger partial charge in [-0.25, -0.2) is 4.79 Å². The second kappa shape index (κ2) is 6.89. The smallest absolute Gasteiger partial charge is 0.328 e. The third-order valence-corrected chi connectivity index (χ3v) is 4.11. The highest BCUT2D eigenvalue weighted by molar-refractivity contribution is 5.88. The van der Waals surface area contributed by atoms with Crippen molar-refractivity contribution in [2.75, 3.05) is 13.7 Å². The van der Waals surface area contributed by atoms with Crippen LogP contribution in [0.4, 0.5) is 0 Å². The summed E-state index contributed by atoms with van der Waals surface area (Å²) in [7, 11) is 1.26. The fraction of sp³-hybridized carbons (Fsp3) is 0.786. The van der Waals surface area contributed by atoms with Crippen LogP contribution in [0.2, 0.25) is 0 Å². The molecule has 0 bridgehead atoms. The SMILES string of the molecule is COC(=O)C(C[C@@H]1CCNC1=O)NC(=O)C(N)CC1CC1. The summed E-state index contributed by atoms with van der Waals surface area (Å²) < 4.78 is 4.71. The van der Waals surface area contributed by atoms with Crippen LogP contribution in [0.1, 0.15) is 32.1 Å². The number of ether oxygens (including phenoxy) is 1. The van der Waals surface area contributed by atoms with E-state index in [1.807, 2.05) is 0 Å². The summed E-state index contributed by atoms with van der Waals surface area (Å²) in [6.45, 7) is 0.604. The minimum absolute atomic E-state index is 0.0829. The number of carbonyl (C=O) groups excluding carboxylic acids is 3. The van der Waals surface area contributed by atoms with Crippen LogP contribution < -0.4 is 16.4 Å². The fourth-order valence-electron chi connectivity index (χ4n) is 2.61. The van der Waals surface area contributed by atoms with Crippen molar-refractivity contribution >= 4 is 17.8 Å². The summed E-state index contributed by atoms with van der Waals surface area (Å²) in [5, 5.41) is 5.34. The topological polar surface area (TPSA) is 111 Å². The molecule has 0 aromatic rings. The van der Waals surface area contributed by atoms with Crippen molar-refractivity contribution in [1.82, 2.24) is 10.6 Å². The van der Waals surface area contributed by atoms with Gasteiger partial charge in [-0.2, -0.15) is 0 Å². The molecule has 0 radical (unpaired) electrons. The molecule has 4 N–H and O–H groups in total. The number of methoxy groups -OCH3 is 1. The van der Waals surface area contributed by atoms with Crippen molar-refractivity contribution in [3.05, 3.63) is 0 Å². The zero-order valence-electron chi connectivity index (χ0n) is 12.3. The van der Waals surface area contributed by atoms with Crippen LogP contribution in [-0.4, -0.2) is 43.5 Å². The van der Waals surface area contributed by atoms with Crippen molar-refractivity contribution in [3.63, 3.8) is 0 Å². The van der Waals surface area contributed by atoms with Crippen LogP contribution in [0.25, 0.3) is 0 Å². The maximum absolute atomic E-state index is 12.0. The highest BCUT2D eigenvalue weighted by Crippen LogP contribution is 2.33. The first-order valence-electron chi connectivity index (χ1n) is 7.42. The Hall–Kier alpha value is -1.63. The second-order valence-corrected chi connectivity index (χ2v) is 5.88. The Morgan fingerprint density at radius 3 is 2.62 bits per heavy atom. The Bertz CT molecular complexity index is 422. The summed E-state index contributed by atoms with van der Waals surface area (Å²) >= 11 is 0. The molecule has 2 rings (SSSR count). The van der Waals surface area contributed by atoms with Crippen LogP contribution in [0.5, 0.6) is 0 Å². The molecular weight excluding hydrogens is 274 g/mol. The van der Waals surface area contributed by atoms with Crippen molar-refractivity contribution < 1.29 is 19.1 Å². The van der Waals surface area contributed by atoms with E-state index in [4.69, 9.17) is 10.5 Å². The van der Waals surface area contributed by atoms with Gasteiger partial charge in [0.1, 0.15) is 6.04 Å². The lowest BCUT2D eigenvalue weighted by atomic mass is 9.98. The van der Waals surface area contributed by atoms with Gasteiger partial charge >= 0.3 is 5.97 Å². The molecule has 7 nitrogen and oxygen atoms in total. The lowest BCUT2D eigenvalue weighted by Gasteiger charge is -2.21. The number of amides is 2. The van der Waals surface area contributed by atoms with E-state index in [2.05, 4.69) is 10.6 Å². The summed E-state index contributed by atoms with van der Waals surface area (Å²) in [4.78, 5) is 35.4. The number of esters is 1. The van der Waals surface area contributed by atoms with Gasteiger partial charge in [0.05, 0.1) is 13.2 Å². The molecule has 7 heteroatoms. The van der Waals surface area contributed by atoms with E-state index in [1.165, 1.54) is 7.11 Å². The van der Waals surface area contributed by atoms with Crippen molar-refractivity contribution in [3.8, 4) is 0 Å². The normalized spacial score (nSPS) is 24.1. The van der Waals surface area contributed by atoms with Crippen LogP contribution in [0.3, 0.4) is 0 Å². The molecular formula is C14H23N3O4. The number of hydrogen-bond acceptors (Lipinski definition) is 5. The molecule has 0 aromatic heterocycles. The van der Waals surface area contributed by atoms with Gasteiger partial charge in [-0.05, 0) is 25.2 Å². The van der Waals surface area contributed by atoms with Crippen molar-refractivity contribution in [1.29, 1.82) is 0 Å². The minimum atomic E-state index is -0.818. The molecule has 0 aromatic carbocycles. The molecule has 1 saturated heterocycles. The lowest BCUT2D eigenvalue weighted by Crippen LogP contribution is -2.49. The number of nitrogens with two attached hydrogens (primary N) is 1. The lowest BCUT2D eigenvalue weighted by molar-refractivity contribution is -0.146.